The summed E-state index contributed by atoms with van der Waals surface area (Å²) in [6.45, 7) is 3.37. The van der Waals surface area contributed by atoms with Gasteiger partial charge in [-0.1, -0.05) is 12.1 Å². The number of rotatable bonds is 5. The van der Waals surface area contributed by atoms with Crippen molar-refractivity contribution < 1.29 is 14.7 Å². The zero-order chi connectivity index (χ0) is 17.8. The summed E-state index contributed by atoms with van der Waals surface area (Å²) in [5.74, 6) is -0.454. The van der Waals surface area contributed by atoms with E-state index in [1.807, 2.05) is 41.5 Å². The van der Waals surface area contributed by atoms with Gasteiger partial charge in [0.1, 0.15) is 5.01 Å². The first-order valence-electron chi connectivity index (χ1n) is 8.56. The Bertz CT molecular complexity index is 754. The Morgan fingerprint density at radius 3 is 2.72 bits per heavy atom. The van der Waals surface area contributed by atoms with Crippen molar-refractivity contribution in [1.29, 1.82) is 0 Å². The monoisotopic (exact) mass is 358 g/mol. The molecule has 1 aromatic heterocycles. The standard InChI is InChI=1S/C19H22N2O3S/c1-13-12-25-18(20-13)15-5-7-16(8-6-15)19(24)21-10-2-3-14(11-21)4-9-17(22)23/h5-8,12,14H,2-4,9-11H2,1H3,(H,22,23)/t14-/m1/s1. The quantitative estimate of drug-likeness (QED) is 0.882. The molecular weight excluding hydrogens is 336 g/mol. The van der Waals surface area contributed by atoms with Gasteiger partial charge in [0.05, 0.1) is 0 Å². The number of piperidine rings is 1. The molecule has 5 nitrogen and oxygen atoms in total. The van der Waals surface area contributed by atoms with Crippen molar-refractivity contribution in [3.8, 4) is 10.6 Å². The molecule has 0 aliphatic carbocycles. The van der Waals surface area contributed by atoms with Crippen LogP contribution in [0.1, 0.15) is 41.7 Å². The SMILES string of the molecule is Cc1csc(-c2ccc(C(=O)N3CCC[C@H](CCC(=O)O)C3)cc2)n1. The Morgan fingerprint density at radius 1 is 1.32 bits per heavy atom. The predicted molar refractivity (Wildman–Crippen MR) is 97.8 cm³/mol. The highest BCUT2D eigenvalue weighted by Gasteiger charge is 2.24. The topological polar surface area (TPSA) is 70.5 Å². The predicted octanol–water partition coefficient (Wildman–Crippen LogP) is 3.84. The number of carboxylic acids is 1. The molecule has 1 amide bonds. The second-order valence-corrected chi connectivity index (χ2v) is 7.42. The molecule has 1 N–H and O–H groups in total. The smallest absolute Gasteiger partial charge is 0.303 e. The molecule has 2 heterocycles. The average molecular weight is 358 g/mol. The van der Waals surface area contributed by atoms with Gasteiger partial charge in [-0.2, -0.15) is 0 Å². The second kappa shape index (κ2) is 7.78. The van der Waals surface area contributed by atoms with E-state index in [2.05, 4.69) is 4.98 Å². The van der Waals surface area contributed by atoms with E-state index in [0.29, 0.717) is 18.5 Å². The number of aromatic nitrogens is 1. The summed E-state index contributed by atoms with van der Waals surface area (Å²) in [6.07, 6.45) is 2.75. The van der Waals surface area contributed by atoms with E-state index < -0.39 is 5.97 Å². The lowest BCUT2D eigenvalue weighted by molar-refractivity contribution is -0.137. The molecule has 1 aromatic carbocycles. The van der Waals surface area contributed by atoms with E-state index in [1.165, 1.54) is 0 Å². The van der Waals surface area contributed by atoms with Crippen molar-refractivity contribution in [1.82, 2.24) is 9.88 Å². The molecule has 1 aliphatic heterocycles. The van der Waals surface area contributed by atoms with Crippen LogP contribution >= 0.6 is 11.3 Å². The van der Waals surface area contributed by atoms with Gasteiger partial charge in [-0.3, -0.25) is 9.59 Å². The molecule has 0 unspecified atom stereocenters. The first kappa shape index (κ1) is 17.6. The number of likely N-dealkylation sites (tertiary alicyclic amines) is 1. The van der Waals surface area contributed by atoms with Gasteiger partial charge in [0.25, 0.3) is 5.91 Å². The number of aryl methyl sites for hydroxylation is 1. The fraction of sp³-hybridized carbons (Fsp3) is 0.421. The normalized spacial score (nSPS) is 17.5. The van der Waals surface area contributed by atoms with Gasteiger partial charge >= 0.3 is 5.97 Å². The number of amides is 1. The molecule has 25 heavy (non-hydrogen) atoms. The summed E-state index contributed by atoms with van der Waals surface area (Å²) < 4.78 is 0. The maximum atomic E-state index is 12.7. The molecule has 0 saturated carbocycles. The molecule has 1 aliphatic rings. The fourth-order valence-electron chi connectivity index (χ4n) is 3.24. The molecule has 6 heteroatoms. The number of hydrogen-bond acceptors (Lipinski definition) is 4. The van der Waals surface area contributed by atoms with Crippen molar-refractivity contribution in [2.24, 2.45) is 5.92 Å². The number of aliphatic carboxylic acids is 1. The van der Waals surface area contributed by atoms with E-state index in [-0.39, 0.29) is 18.2 Å². The van der Waals surface area contributed by atoms with Gasteiger partial charge in [0, 0.05) is 41.7 Å². The van der Waals surface area contributed by atoms with E-state index >= 15 is 0 Å². The minimum atomic E-state index is -0.767. The molecule has 2 aromatic rings. The lowest BCUT2D eigenvalue weighted by atomic mass is 9.93. The van der Waals surface area contributed by atoms with Crippen LogP contribution in [0.25, 0.3) is 10.6 Å². The Kier molecular flexibility index (Phi) is 5.48. The Hall–Kier alpha value is -2.21. The molecule has 0 radical (unpaired) electrons. The summed E-state index contributed by atoms with van der Waals surface area (Å²) in [7, 11) is 0. The minimum absolute atomic E-state index is 0.0295. The lowest BCUT2D eigenvalue weighted by Gasteiger charge is -2.32. The Labute approximate surface area is 151 Å². The molecule has 132 valence electrons. The van der Waals surface area contributed by atoms with Crippen LogP contribution in [-0.4, -0.2) is 40.0 Å². The highest BCUT2D eigenvalue weighted by molar-refractivity contribution is 7.13. The summed E-state index contributed by atoms with van der Waals surface area (Å²) in [6, 6.07) is 7.60. The molecule has 0 spiro atoms. The van der Waals surface area contributed by atoms with Crippen molar-refractivity contribution in [3.05, 3.63) is 40.9 Å². The van der Waals surface area contributed by atoms with Crippen LogP contribution in [0.4, 0.5) is 0 Å². The van der Waals surface area contributed by atoms with Crippen LogP contribution in [0.5, 0.6) is 0 Å². The van der Waals surface area contributed by atoms with Crippen molar-refractivity contribution >= 4 is 23.2 Å². The lowest BCUT2D eigenvalue weighted by Crippen LogP contribution is -2.40. The van der Waals surface area contributed by atoms with Crippen LogP contribution in [0.15, 0.2) is 29.6 Å². The molecule has 1 fully saturated rings. The molecule has 1 atom stereocenters. The van der Waals surface area contributed by atoms with Gasteiger partial charge in [0.15, 0.2) is 0 Å². The van der Waals surface area contributed by atoms with Gasteiger partial charge < -0.3 is 10.0 Å². The number of hydrogen-bond donors (Lipinski definition) is 1. The van der Waals surface area contributed by atoms with Gasteiger partial charge in [-0.05, 0) is 44.2 Å². The fourth-order valence-corrected chi connectivity index (χ4v) is 4.04. The Morgan fingerprint density at radius 2 is 2.08 bits per heavy atom. The number of benzene rings is 1. The van der Waals surface area contributed by atoms with Crippen LogP contribution in [-0.2, 0) is 4.79 Å². The third kappa shape index (κ3) is 4.45. The number of carbonyl (C=O) groups excluding carboxylic acids is 1. The van der Waals surface area contributed by atoms with Gasteiger partial charge in [-0.25, -0.2) is 4.98 Å². The van der Waals surface area contributed by atoms with Crippen molar-refractivity contribution in [2.45, 2.75) is 32.6 Å². The first-order chi connectivity index (χ1) is 12.0. The average Bonchev–Trinajstić information content (AvgIpc) is 3.06. The van der Waals surface area contributed by atoms with Crippen molar-refractivity contribution in [3.63, 3.8) is 0 Å². The second-order valence-electron chi connectivity index (χ2n) is 6.56. The molecule has 0 bridgehead atoms. The number of nitrogens with zero attached hydrogens (tertiary/aromatic N) is 2. The molecule has 1 saturated heterocycles. The van der Waals surface area contributed by atoms with Crippen LogP contribution in [0, 0.1) is 12.8 Å². The zero-order valence-electron chi connectivity index (χ0n) is 14.3. The van der Waals surface area contributed by atoms with E-state index in [9.17, 15) is 9.59 Å². The summed E-state index contributed by atoms with van der Waals surface area (Å²) in [4.78, 5) is 29.8. The van der Waals surface area contributed by atoms with E-state index in [0.717, 1.165) is 35.7 Å². The maximum absolute atomic E-state index is 12.7. The van der Waals surface area contributed by atoms with Crippen LogP contribution < -0.4 is 0 Å². The minimum Gasteiger partial charge on any atom is -0.481 e. The number of thiazole rings is 1. The zero-order valence-corrected chi connectivity index (χ0v) is 15.1. The summed E-state index contributed by atoms with van der Waals surface area (Å²) >= 11 is 1.60. The Balaban J connectivity index is 1.65. The van der Waals surface area contributed by atoms with E-state index in [4.69, 9.17) is 5.11 Å². The maximum Gasteiger partial charge on any atom is 0.303 e. The van der Waals surface area contributed by atoms with E-state index in [1.54, 1.807) is 11.3 Å². The third-order valence-electron chi connectivity index (χ3n) is 4.57. The van der Waals surface area contributed by atoms with Crippen molar-refractivity contribution in [2.75, 3.05) is 13.1 Å². The number of carbonyl (C=O) groups is 2. The van der Waals surface area contributed by atoms with Gasteiger partial charge in [-0.15, -0.1) is 11.3 Å². The first-order valence-corrected chi connectivity index (χ1v) is 9.44. The summed E-state index contributed by atoms with van der Waals surface area (Å²) in [5.41, 5.74) is 2.70. The third-order valence-corrected chi connectivity index (χ3v) is 5.58. The van der Waals surface area contributed by atoms with Crippen LogP contribution in [0.2, 0.25) is 0 Å². The molecule has 3 rings (SSSR count). The largest absolute Gasteiger partial charge is 0.481 e. The number of carboxylic acid groups (broad SMARTS) is 1. The van der Waals surface area contributed by atoms with Gasteiger partial charge in [0.2, 0.25) is 0 Å². The molecular formula is C19H22N2O3S. The summed E-state index contributed by atoms with van der Waals surface area (Å²) in [5, 5.41) is 11.8. The highest BCUT2D eigenvalue weighted by Crippen LogP contribution is 2.25. The highest BCUT2D eigenvalue weighted by atomic mass is 32.1. The van der Waals surface area contributed by atoms with Crippen LogP contribution in [0.3, 0.4) is 0 Å².